The van der Waals surface area contributed by atoms with Crippen LogP contribution in [0.1, 0.15) is 36.1 Å². The van der Waals surface area contributed by atoms with Crippen molar-refractivity contribution in [2.24, 2.45) is 5.92 Å². The zero-order valence-corrected chi connectivity index (χ0v) is 19.8. The predicted octanol–water partition coefficient (Wildman–Crippen LogP) is 6.06. The Bertz CT molecular complexity index is 1200. The Hall–Kier alpha value is -3.15. The van der Waals surface area contributed by atoms with Gasteiger partial charge in [-0.25, -0.2) is 0 Å². The molecule has 5 nitrogen and oxygen atoms in total. The highest BCUT2D eigenvalue weighted by Crippen LogP contribution is 2.49. The molecule has 5 rings (SSSR count). The summed E-state index contributed by atoms with van der Waals surface area (Å²) in [6.45, 7) is 6.18. The van der Waals surface area contributed by atoms with Gasteiger partial charge < -0.3 is 19.7 Å². The van der Waals surface area contributed by atoms with Crippen molar-refractivity contribution in [3.63, 3.8) is 0 Å². The van der Waals surface area contributed by atoms with Crippen LogP contribution in [0, 0.1) is 5.92 Å². The zero-order valence-electron chi connectivity index (χ0n) is 19.1. The van der Waals surface area contributed by atoms with Crippen LogP contribution in [0.15, 0.2) is 66.7 Å². The van der Waals surface area contributed by atoms with Crippen molar-refractivity contribution in [3.8, 4) is 23.0 Å². The topological polar surface area (TPSA) is 62.2 Å². The number of likely N-dealkylation sites (tertiary alicyclic amines) is 1. The van der Waals surface area contributed by atoms with Crippen LogP contribution in [0.2, 0.25) is 0 Å². The molecule has 1 fully saturated rings. The van der Waals surface area contributed by atoms with Crippen LogP contribution in [0.3, 0.4) is 0 Å². The van der Waals surface area contributed by atoms with E-state index in [0.29, 0.717) is 23.0 Å². The number of phenolic OH excluding ortho intramolecular Hbond substituents is 2. The molecule has 2 aliphatic heterocycles. The van der Waals surface area contributed by atoms with Gasteiger partial charge in [-0.2, -0.15) is 0 Å². The molecule has 0 saturated carbocycles. The molecule has 0 amide bonds. The summed E-state index contributed by atoms with van der Waals surface area (Å²) >= 11 is 6.86. The Morgan fingerprint density at radius 1 is 1.00 bits per heavy atom. The summed E-state index contributed by atoms with van der Waals surface area (Å²) in [5.41, 5.74) is 3.01. The van der Waals surface area contributed by atoms with E-state index in [2.05, 4.69) is 11.8 Å². The summed E-state index contributed by atoms with van der Waals surface area (Å²) in [4.78, 5) is 2.42. The molecule has 2 heterocycles. The molecular weight excluding hydrogens is 450 g/mol. The number of nitrogens with zero attached hydrogens (tertiary/aromatic N) is 1. The molecule has 34 heavy (non-hydrogen) atoms. The number of rotatable bonds is 7. The molecule has 1 saturated heterocycles. The number of hydrogen-bond acceptors (Lipinski definition) is 5. The van der Waals surface area contributed by atoms with Crippen molar-refractivity contribution < 1.29 is 19.7 Å². The van der Waals surface area contributed by atoms with E-state index >= 15 is 0 Å². The van der Waals surface area contributed by atoms with Crippen LogP contribution in [-0.2, 0) is 0 Å². The van der Waals surface area contributed by atoms with E-state index < -0.39 is 6.10 Å². The van der Waals surface area contributed by atoms with E-state index in [1.807, 2.05) is 30.3 Å². The maximum Gasteiger partial charge on any atom is 0.151 e. The monoisotopic (exact) mass is 477 g/mol. The zero-order chi connectivity index (χ0) is 23.7. The largest absolute Gasteiger partial charge is 0.508 e. The SMILES string of the molecule is CCC1CN(CCOc2ccc([C@@H]3Oc4ccc(O)cc4C(Cl)=C3c3cccc(O)c3)cc2)C1. The fraction of sp³-hybridized carbons (Fsp3) is 0.286. The maximum atomic E-state index is 10.1. The number of fused-ring (bicyclic) bond motifs is 1. The number of halogens is 1. The van der Waals surface area contributed by atoms with Crippen LogP contribution >= 0.6 is 11.6 Å². The minimum Gasteiger partial charge on any atom is -0.508 e. The molecule has 0 spiro atoms. The van der Waals surface area contributed by atoms with Gasteiger partial charge in [0.15, 0.2) is 6.10 Å². The minimum atomic E-state index is -0.479. The van der Waals surface area contributed by atoms with E-state index in [1.165, 1.54) is 19.5 Å². The van der Waals surface area contributed by atoms with Gasteiger partial charge in [0.05, 0.1) is 5.03 Å². The van der Waals surface area contributed by atoms with Crippen molar-refractivity contribution in [3.05, 3.63) is 83.4 Å². The molecule has 6 heteroatoms. The summed E-state index contributed by atoms with van der Waals surface area (Å²) < 4.78 is 12.3. The van der Waals surface area contributed by atoms with E-state index in [9.17, 15) is 10.2 Å². The molecular formula is C28H28ClNO4. The van der Waals surface area contributed by atoms with Crippen molar-refractivity contribution >= 4 is 22.2 Å². The van der Waals surface area contributed by atoms with E-state index in [-0.39, 0.29) is 11.5 Å². The summed E-state index contributed by atoms with van der Waals surface area (Å²) in [6, 6.07) is 19.7. The highest BCUT2D eigenvalue weighted by molar-refractivity contribution is 6.53. The Morgan fingerprint density at radius 2 is 1.76 bits per heavy atom. The lowest BCUT2D eigenvalue weighted by atomic mass is 9.90. The first kappa shape index (κ1) is 22.6. The number of hydrogen-bond donors (Lipinski definition) is 2. The van der Waals surface area contributed by atoms with Crippen LogP contribution in [-0.4, -0.2) is 41.4 Å². The predicted molar refractivity (Wildman–Crippen MR) is 134 cm³/mol. The van der Waals surface area contributed by atoms with Crippen LogP contribution in [0.5, 0.6) is 23.0 Å². The van der Waals surface area contributed by atoms with Gasteiger partial charge in [-0.15, -0.1) is 0 Å². The summed E-state index contributed by atoms with van der Waals surface area (Å²) in [6.07, 6.45) is 0.768. The molecule has 0 unspecified atom stereocenters. The lowest BCUT2D eigenvalue weighted by molar-refractivity contribution is 0.0806. The minimum absolute atomic E-state index is 0.110. The van der Waals surface area contributed by atoms with Crippen LogP contribution in [0.4, 0.5) is 0 Å². The summed E-state index contributed by atoms with van der Waals surface area (Å²) in [5.74, 6) is 2.50. The lowest BCUT2D eigenvalue weighted by Gasteiger charge is -2.38. The van der Waals surface area contributed by atoms with Gasteiger partial charge in [0.2, 0.25) is 0 Å². The van der Waals surface area contributed by atoms with Crippen molar-refractivity contribution in [2.45, 2.75) is 19.4 Å². The lowest BCUT2D eigenvalue weighted by Crippen LogP contribution is -2.47. The normalized spacial score (nSPS) is 18.2. The van der Waals surface area contributed by atoms with E-state index in [1.54, 1.807) is 36.4 Å². The molecule has 0 aliphatic carbocycles. The first-order valence-electron chi connectivity index (χ1n) is 11.7. The third-order valence-electron chi connectivity index (χ3n) is 6.57. The highest BCUT2D eigenvalue weighted by atomic mass is 35.5. The molecule has 0 bridgehead atoms. The van der Waals surface area contributed by atoms with E-state index in [0.717, 1.165) is 34.9 Å². The van der Waals surface area contributed by atoms with Gasteiger partial charge in [0.25, 0.3) is 0 Å². The van der Waals surface area contributed by atoms with Gasteiger partial charge >= 0.3 is 0 Å². The Balaban J connectivity index is 1.38. The van der Waals surface area contributed by atoms with Crippen molar-refractivity contribution in [1.82, 2.24) is 4.90 Å². The molecule has 3 aromatic rings. The molecule has 0 radical (unpaired) electrons. The average molecular weight is 478 g/mol. The van der Waals surface area contributed by atoms with Gasteiger partial charge in [-0.05, 0) is 59.5 Å². The maximum absolute atomic E-state index is 10.1. The number of benzene rings is 3. The van der Waals surface area contributed by atoms with Crippen molar-refractivity contribution in [1.29, 1.82) is 0 Å². The Kier molecular flexibility index (Phi) is 6.40. The van der Waals surface area contributed by atoms with Crippen LogP contribution < -0.4 is 9.47 Å². The highest BCUT2D eigenvalue weighted by Gasteiger charge is 2.31. The number of ether oxygens (including phenoxy) is 2. The van der Waals surface area contributed by atoms with Gasteiger partial charge in [-0.3, -0.25) is 4.90 Å². The standard InChI is InChI=1S/C28H28ClNO4/c1-2-18-16-30(17-18)12-13-33-23-9-6-19(7-10-23)28-26(20-4-3-5-21(31)14-20)27(29)24-15-22(32)8-11-25(24)34-28/h3-11,14-15,18,28,31-32H,2,12-13,16-17H2,1H3/t28-/m0/s1. The molecule has 176 valence electrons. The Morgan fingerprint density at radius 3 is 2.50 bits per heavy atom. The van der Waals surface area contributed by atoms with Gasteiger partial charge in [0.1, 0.15) is 29.6 Å². The smallest absolute Gasteiger partial charge is 0.151 e. The molecule has 1 atom stereocenters. The number of phenols is 2. The summed E-state index contributed by atoms with van der Waals surface area (Å²) in [5, 5.41) is 20.5. The quantitative estimate of drug-likeness (QED) is 0.433. The molecule has 0 aromatic heterocycles. The van der Waals surface area contributed by atoms with Crippen LogP contribution in [0.25, 0.3) is 10.6 Å². The second-order valence-electron chi connectivity index (χ2n) is 8.91. The van der Waals surface area contributed by atoms with Gasteiger partial charge in [0, 0.05) is 30.8 Å². The summed E-state index contributed by atoms with van der Waals surface area (Å²) in [7, 11) is 0. The van der Waals surface area contributed by atoms with Crippen molar-refractivity contribution in [2.75, 3.05) is 26.2 Å². The first-order chi connectivity index (χ1) is 16.5. The second-order valence-corrected chi connectivity index (χ2v) is 9.29. The number of aromatic hydroxyl groups is 2. The molecule has 3 aromatic carbocycles. The Labute approximate surface area is 204 Å². The fourth-order valence-electron chi connectivity index (χ4n) is 4.57. The first-order valence-corrected chi connectivity index (χ1v) is 12.0. The molecule has 2 N–H and O–H groups in total. The molecule has 2 aliphatic rings. The third-order valence-corrected chi connectivity index (χ3v) is 6.98. The average Bonchev–Trinajstić information content (AvgIpc) is 2.81. The second kappa shape index (κ2) is 9.61. The van der Waals surface area contributed by atoms with Gasteiger partial charge in [-0.1, -0.05) is 49.2 Å². The van der Waals surface area contributed by atoms with E-state index in [4.69, 9.17) is 21.1 Å². The fourth-order valence-corrected chi connectivity index (χ4v) is 4.93. The third kappa shape index (κ3) is 4.59.